The topological polar surface area (TPSA) is 37.3 Å². The summed E-state index contributed by atoms with van der Waals surface area (Å²) in [4.78, 5) is 12.6. The van der Waals surface area contributed by atoms with Gasteiger partial charge >= 0.3 is 5.97 Å². The van der Waals surface area contributed by atoms with Gasteiger partial charge in [0, 0.05) is 0 Å². The van der Waals surface area contributed by atoms with Crippen LogP contribution in [0.1, 0.15) is 356 Å². The molecule has 0 aliphatic carbocycles. The van der Waals surface area contributed by atoms with Crippen LogP contribution in [0.5, 0.6) is 0 Å². The fourth-order valence-corrected chi connectivity index (χ4v) is 11.0. The van der Waals surface area contributed by atoms with Gasteiger partial charge in [0.1, 0.15) is 0 Å². The molecule has 2 aromatic rings. The Morgan fingerprint density at radius 2 is 0.567 bits per heavy atom. The summed E-state index contributed by atoms with van der Waals surface area (Å²) in [5.41, 5.74) is 4.68. The van der Waals surface area contributed by atoms with Crippen molar-refractivity contribution in [3.05, 3.63) is 46.5 Å². The average molecular weight is 930 g/mol. The molecule has 2 rings (SSSR count). The van der Waals surface area contributed by atoms with Crippen LogP contribution in [-0.2, 0) is 19.3 Å². The van der Waals surface area contributed by atoms with Crippen LogP contribution in [0.2, 0.25) is 0 Å². The number of aromatic carboxylic acids is 1. The molecule has 0 aromatic heterocycles. The highest BCUT2D eigenvalue weighted by atomic mass is 16.4. The van der Waals surface area contributed by atoms with Crippen LogP contribution in [0.15, 0.2) is 24.3 Å². The average Bonchev–Trinajstić information content (AvgIpc) is 3.33. The van der Waals surface area contributed by atoms with Crippen LogP contribution in [0.25, 0.3) is 10.8 Å². The molecular formula is C65H116O2. The maximum Gasteiger partial charge on any atom is 0.335 e. The van der Waals surface area contributed by atoms with Crippen molar-refractivity contribution in [2.45, 2.75) is 348 Å². The van der Waals surface area contributed by atoms with Gasteiger partial charge in [-0.2, -0.15) is 0 Å². The van der Waals surface area contributed by atoms with Crippen molar-refractivity contribution in [1.29, 1.82) is 0 Å². The van der Waals surface area contributed by atoms with Crippen LogP contribution in [0, 0.1) is 0 Å². The van der Waals surface area contributed by atoms with Gasteiger partial charge in [-0.05, 0) is 72.1 Å². The predicted octanol–water partition coefficient (Wildman–Crippen LogP) is 23.0. The number of unbranched alkanes of at least 4 members (excludes halogenated alkanes) is 45. The normalized spacial score (nSPS) is 11.7. The van der Waals surface area contributed by atoms with Crippen molar-refractivity contribution in [1.82, 2.24) is 0 Å². The summed E-state index contributed by atoms with van der Waals surface area (Å²) in [6.07, 6.45) is 69.9. The number of rotatable bonds is 52. The second-order valence-electron chi connectivity index (χ2n) is 21.9. The second kappa shape index (κ2) is 46.5. The number of hydrogen-bond acceptors (Lipinski definition) is 1. The van der Waals surface area contributed by atoms with Crippen LogP contribution in [0.4, 0.5) is 0 Å². The Balaban J connectivity index is 1.83. The molecule has 0 aliphatic rings. The van der Waals surface area contributed by atoms with E-state index in [1.54, 1.807) is 0 Å². The molecule has 67 heavy (non-hydrogen) atoms. The van der Waals surface area contributed by atoms with E-state index in [2.05, 4.69) is 39.0 Å². The first-order valence-electron chi connectivity index (χ1n) is 30.9. The maximum atomic E-state index is 12.6. The fourth-order valence-electron chi connectivity index (χ4n) is 11.0. The van der Waals surface area contributed by atoms with E-state index in [1.165, 1.54) is 318 Å². The van der Waals surface area contributed by atoms with E-state index in [9.17, 15) is 9.90 Å². The first-order chi connectivity index (χ1) is 33.1. The minimum Gasteiger partial charge on any atom is -0.478 e. The molecule has 0 heterocycles. The van der Waals surface area contributed by atoms with E-state index in [4.69, 9.17) is 0 Å². The first kappa shape index (κ1) is 61.3. The lowest BCUT2D eigenvalue weighted by atomic mass is 9.88. The minimum atomic E-state index is -0.759. The molecule has 0 saturated heterocycles. The van der Waals surface area contributed by atoms with E-state index >= 15 is 0 Å². The number of benzene rings is 2. The monoisotopic (exact) mass is 929 g/mol. The van der Waals surface area contributed by atoms with Crippen molar-refractivity contribution < 1.29 is 9.90 Å². The Kier molecular flexibility index (Phi) is 42.6. The minimum absolute atomic E-state index is 0.535. The molecule has 0 fully saturated rings. The summed E-state index contributed by atoms with van der Waals surface area (Å²) in [5.74, 6) is -0.759. The largest absolute Gasteiger partial charge is 0.478 e. The zero-order chi connectivity index (χ0) is 47.9. The summed E-state index contributed by atoms with van der Waals surface area (Å²) in [6.45, 7) is 6.91. The van der Waals surface area contributed by atoms with Gasteiger partial charge in [-0.1, -0.05) is 328 Å². The molecule has 0 radical (unpaired) electrons. The summed E-state index contributed by atoms with van der Waals surface area (Å²) in [7, 11) is 0. The lowest BCUT2D eigenvalue weighted by Gasteiger charge is -2.16. The highest BCUT2D eigenvalue weighted by Crippen LogP contribution is 2.31. The highest BCUT2D eigenvalue weighted by molar-refractivity contribution is 5.97. The van der Waals surface area contributed by atoms with Gasteiger partial charge in [-0.25, -0.2) is 4.79 Å². The van der Waals surface area contributed by atoms with Gasteiger partial charge in [-0.15, -0.1) is 0 Å². The number of carboxylic acid groups (broad SMARTS) is 1. The molecule has 2 nitrogen and oxygen atoms in total. The molecule has 0 aliphatic heterocycles. The Hall–Kier alpha value is -1.83. The van der Waals surface area contributed by atoms with Crippen LogP contribution >= 0.6 is 0 Å². The van der Waals surface area contributed by atoms with Gasteiger partial charge < -0.3 is 5.11 Å². The predicted molar refractivity (Wildman–Crippen MR) is 301 cm³/mol. The lowest BCUT2D eigenvalue weighted by Crippen LogP contribution is -2.05. The zero-order valence-electron chi connectivity index (χ0n) is 45.7. The quantitative estimate of drug-likeness (QED) is 0.0671. The van der Waals surface area contributed by atoms with Gasteiger partial charge in [0.25, 0.3) is 0 Å². The number of carboxylic acids is 1. The summed E-state index contributed by atoms with van der Waals surface area (Å²) in [5, 5.41) is 12.8. The molecular weight excluding hydrogens is 813 g/mol. The molecule has 0 spiro atoms. The Morgan fingerprint density at radius 1 is 0.313 bits per heavy atom. The SMILES string of the molecule is CCCCCCCCCCCCCCCCCCc1cc2c(CCCCCCCCCCCCCCCCCC)c(CCCCCCCCCCCCCCCCCC)ccc2cc1C(=O)O. The van der Waals surface area contributed by atoms with E-state index in [0.717, 1.165) is 36.6 Å². The Morgan fingerprint density at radius 3 is 0.851 bits per heavy atom. The van der Waals surface area contributed by atoms with Crippen LogP contribution in [-0.4, -0.2) is 11.1 Å². The Bertz CT molecular complexity index is 1370. The fraction of sp³-hybridized carbons (Fsp3) is 0.831. The van der Waals surface area contributed by atoms with Gasteiger partial charge in [0.05, 0.1) is 5.56 Å². The van der Waals surface area contributed by atoms with Crippen molar-refractivity contribution in [2.75, 3.05) is 0 Å². The lowest BCUT2D eigenvalue weighted by molar-refractivity contribution is 0.0695. The zero-order valence-corrected chi connectivity index (χ0v) is 45.7. The number of carbonyl (C=O) groups is 1. The third kappa shape index (κ3) is 34.2. The smallest absolute Gasteiger partial charge is 0.335 e. The third-order valence-electron chi connectivity index (χ3n) is 15.6. The van der Waals surface area contributed by atoms with Crippen molar-refractivity contribution in [3.63, 3.8) is 0 Å². The van der Waals surface area contributed by atoms with Gasteiger partial charge in [0.15, 0.2) is 0 Å². The first-order valence-corrected chi connectivity index (χ1v) is 30.9. The molecule has 0 atom stereocenters. The van der Waals surface area contributed by atoms with E-state index in [0.29, 0.717) is 5.56 Å². The molecule has 0 bridgehead atoms. The van der Waals surface area contributed by atoms with E-state index in [1.807, 2.05) is 6.07 Å². The van der Waals surface area contributed by atoms with Crippen LogP contribution < -0.4 is 0 Å². The van der Waals surface area contributed by atoms with Gasteiger partial charge in [-0.3, -0.25) is 0 Å². The molecule has 388 valence electrons. The molecule has 0 unspecified atom stereocenters. The Labute approximate surface area is 419 Å². The van der Waals surface area contributed by atoms with Crippen molar-refractivity contribution >= 4 is 16.7 Å². The number of aryl methyl sites for hydroxylation is 3. The molecule has 1 N–H and O–H groups in total. The van der Waals surface area contributed by atoms with E-state index in [-0.39, 0.29) is 0 Å². The molecule has 2 aromatic carbocycles. The highest BCUT2D eigenvalue weighted by Gasteiger charge is 2.16. The molecule has 2 heteroatoms. The number of hydrogen-bond donors (Lipinski definition) is 1. The van der Waals surface area contributed by atoms with Crippen molar-refractivity contribution in [2.24, 2.45) is 0 Å². The molecule has 0 saturated carbocycles. The van der Waals surface area contributed by atoms with Crippen molar-refractivity contribution in [3.8, 4) is 0 Å². The standard InChI is InChI=1S/C65H116O2/c1-4-7-10-13-16-19-22-25-28-31-34-37-40-43-46-49-52-59-55-56-61-58-64(65(66)67)60(53-50-47-44-41-38-35-32-29-26-23-20-17-14-11-8-5-2)57-63(61)62(59)54-51-48-45-42-39-36-33-30-27-24-21-18-15-12-9-6-3/h55-58H,4-54H2,1-3H3,(H,66,67). The summed E-state index contributed by atoms with van der Waals surface area (Å²) in [6, 6.07) is 8.98. The third-order valence-corrected chi connectivity index (χ3v) is 15.6. The molecule has 0 amide bonds. The number of fused-ring (bicyclic) bond motifs is 1. The van der Waals surface area contributed by atoms with E-state index < -0.39 is 5.97 Å². The summed E-state index contributed by atoms with van der Waals surface area (Å²) < 4.78 is 0. The second-order valence-corrected chi connectivity index (χ2v) is 21.9. The maximum absolute atomic E-state index is 12.6. The van der Waals surface area contributed by atoms with Crippen LogP contribution in [0.3, 0.4) is 0 Å². The van der Waals surface area contributed by atoms with Gasteiger partial charge in [0.2, 0.25) is 0 Å². The summed E-state index contributed by atoms with van der Waals surface area (Å²) >= 11 is 0.